The number of piperazine rings is 2. The van der Waals surface area contributed by atoms with E-state index in [0.717, 1.165) is 51.7 Å². The average molecular weight is 2120 g/mol. The van der Waals surface area contributed by atoms with Gasteiger partial charge >= 0.3 is 23.9 Å². The molecule has 4 fully saturated rings. The summed E-state index contributed by atoms with van der Waals surface area (Å²) in [5, 5.41) is 18.4. The maximum atomic E-state index is 11.6. The Morgan fingerprint density at radius 1 is 0.392 bits per heavy atom. The highest BCUT2D eigenvalue weighted by Gasteiger charge is 2.32. The summed E-state index contributed by atoms with van der Waals surface area (Å²) in [5.41, 5.74) is 15.5. The molecule has 0 spiro atoms. The molecule has 0 aromatic heterocycles. The van der Waals surface area contributed by atoms with Crippen molar-refractivity contribution in [1.82, 2.24) is 64.9 Å². The Morgan fingerprint density at radius 2 is 0.696 bits per heavy atom. The first-order valence-corrected chi connectivity index (χ1v) is 58.0. The van der Waals surface area contributed by atoms with E-state index >= 15 is 0 Å². The number of nitrogens with two attached hydrogens (primary N) is 2. The highest BCUT2D eigenvalue weighted by molar-refractivity contribution is 5.75. The molecule has 3 aliphatic heterocycles. The molecular formula is C123H275N15O10. The molecule has 4 aliphatic rings. The van der Waals surface area contributed by atoms with Crippen LogP contribution in [0, 0.1) is 39.4 Å². The highest BCUT2D eigenvalue weighted by Crippen LogP contribution is 2.29. The van der Waals surface area contributed by atoms with Crippen LogP contribution >= 0.6 is 0 Å². The average Bonchev–Trinajstić information content (AvgIpc) is 1.40. The van der Waals surface area contributed by atoms with Crippen molar-refractivity contribution in [1.29, 1.82) is 0 Å². The molecule has 3 heterocycles. The molecule has 1 saturated carbocycles. The normalized spacial score (nSPS) is 16.0. The van der Waals surface area contributed by atoms with Crippen LogP contribution in [-0.4, -0.2) is 338 Å². The second-order valence-corrected chi connectivity index (χ2v) is 57.1. The fourth-order valence-electron chi connectivity index (χ4n) is 12.8. The Kier molecular flexibility index (Phi) is 94.6. The molecule has 8 N–H and O–H groups in total. The van der Waals surface area contributed by atoms with Crippen LogP contribution in [0.15, 0.2) is 0 Å². The zero-order valence-electron chi connectivity index (χ0n) is 113. The molecule has 3 atom stereocenters. The van der Waals surface area contributed by atoms with E-state index in [-0.39, 0.29) is 76.4 Å². The summed E-state index contributed by atoms with van der Waals surface area (Å²) < 4.78 is 25.3. The van der Waals surface area contributed by atoms with E-state index in [9.17, 15) is 19.2 Å². The number of aliphatic hydroxyl groups excluding tert-OH is 1. The van der Waals surface area contributed by atoms with Crippen LogP contribution < -0.4 is 27.4 Å². The Balaban J connectivity index is -0.000000152. The minimum Gasteiger partial charge on any atom is -0.449 e. The monoisotopic (exact) mass is 2120 g/mol. The van der Waals surface area contributed by atoms with Crippen molar-refractivity contribution in [3.63, 3.8) is 0 Å². The second kappa shape index (κ2) is 83.5. The zero-order valence-corrected chi connectivity index (χ0v) is 113. The van der Waals surface area contributed by atoms with E-state index in [2.05, 4.69) is 419 Å². The van der Waals surface area contributed by atoms with E-state index in [1.54, 1.807) is 6.92 Å². The standard InChI is InChI=1S/C12H23NO2.C11H24N2O2.2C11H24N2.C9H19NO2.C8H17NO3.C8H17N.C8H19N.2C7H17N.C7H16.2C6H15N.C6H14O.C6H14/c1-12(2,3)13(4)9-15-11(14)10-7-5-6-8-10;1-8(2)9(12)10(14)15-7-13(6)11(3,4)5;2*1-5-6-12-7-9-13(10-8-12)11(2,3)4;1-6-8(11)12-7-10(5)9(2,3)4;1-8(2,3)9(4)6-12-7(11)5-10;1-8(2,3)7-5-4-6-9-7;1-6(2)7(9)8(3,4)5;2*1-6-8(5)7(2,3)4;1-5-6-7(2,3)4;3*1-5-7-6(2,3)4;1-5-6(2,3)4/h10H,5-9H2,1-4H3;8-9H,7,12H2,1-6H3;2*5-10H2,1-4H3;6-7H2,1-5H3;10H,5-6H2,1-4H3;7,9H,4-6H2,1-3H3;6-7H,9H2,1-5H3;2*6H2,1-5H3;5-6H2,1-4H3;2*7H,5H2,1-4H3;5H2,1-4H3;5H2,1-4H3. The van der Waals surface area contributed by atoms with Gasteiger partial charge in [0.1, 0.15) is 39.6 Å². The molecule has 1 aliphatic carbocycles. The fraction of sp³-hybridized carbons (Fsp3) is 0.967. The van der Waals surface area contributed by atoms with Crippen LogP contribution in [-0.2, 0) is 42.9 Å². The molecule has 0 aromatic carbocycles. The van der Waals surface area contributed by atoms with Crippen LogP contribution in [0.25, 0.3) is 0 Å². The van der Waals surface area contributed by atoms with Crippen LogP contribution in [0.4, 0.5) is 0 Å². The van der Waals surface area contributed by atoms with E-state index < -0.39 is 18.6 Å². The first kappa shape index (κ1) is 168. The van der Waals surface area contributed by atoms with Gasteiger partial charge in [0.05, 0.1) is 11.5 Å². The minimum atomic E-state index is -0.592. The lowest BCUT2D eigenvalue weighted by atomic mass is 9.81. The summed E-state index contributed by atoms with van der Waals surface area (Å²) in [4.78, 5) is 67.2. The Morgan fingerprint density at radius 3 is 0.851 bits per heavy atom. The lowest BCUT2D eigenvalue weighted by molar-refractivity contribution is -0.155. The predicted molar refractivity (Wildman–Crippen MR) is 653 cm³/mol. The van der Waals surface area contributed by atoms with Gasteiger partial charge in [-0.3, -0.25) is 43.8 Å². The summed E-state index contributed by atoms with van der Waals surface area (Å²) in [5.74, 6) is -0.220. The summed E-state index contributed by atoms with van der Waals surface area (Å²) in [6.07, 6.45) is 14.0. The van der Waals surface area contributed by atoms with Gasteiger partial charge in [-0.25, -0.2) is 4.79 Å². The van der Waals surface area contributed by atoms with Crippen molar-refractivity contribution in [2.24, 2.45) is 50.9 Å². The van der Waals surface area contributed by atoms with Crippen molar-refractivity contribution >= 4 is 23.9 Å². The molecular weight excluding hydrogens is 1850 g/mol. The van der Waals surface area contributed by atoms with E-state index in [1.807, 2.05) is 89.3 Å². The number of esters is 4. The largest absolute Gasteiger partial charge is 0.449 e. The zero-order chi connectivity index (χ0) is 120. The first-order valence-electron chi connectivity index (χ1n) is 58.0. The molecule has 3 unspecified atom stereocenters. The Hall–Kier alpha value is -2.80. The highest BCUT2D eigenvalue weighted by atomic mass is 16.6. The third-order valence-electron chi connectivity index (χ3n) is 26.2. The first-order chi connectivity index (χ1) is 66.1. The molecule has 25 heteroatoms. The fourth-order valence-corrected chi connectivity index (χ4v) is 12.8. The minimum absolute atomic E-state index is 0.0106. The lowest BCUT2D eigenvalue weighted by Crippen LogP contribution is -2.53. The number of rotatable bonds is 24. The molecule has 3 saturated heterocycles. The number of carbonyl (C=O) groups excluding carboxylic acids is 4. The van der Waals surface area contributed by atoms with E-state index in [4.69, 9.17) is 40.3 Å². The molecule has 148 heavy (non-hydrogen) atoms. The summed E-state index contributed by atoms with van der Waals surface area (Å²) >= 11 is 0. The summed E-state index contributed by atoms with van der Waals surface area (Å²) in [7, 11) is 11.9. The van der Waals surface area contributed by atoms with Gasteiger partial charge in [0.25, 0.3) is 0 Å². The van der Waals surface area contributed by atoms with Gasteiger partial charge in [0.2, 0.25) is 0 Å². The van der Waals surface area contributed by atoms with Gasteiger partial charge in [-0.15, -0.1) is 0 Å². The van der Waals surface area contributed by atoms with Crippen molar-refractivity contribution in [2.45, 2.75) is 565 Å². The Bertz CT molecular complexity index is 2840. The van der Waals surface area contributed by atoms with Gasteiger partial charge in [-0.05, 0) is 402 Å². The van der Waals surface area contributed by atoms with Gasteiger partial charge in [0, 0.05) is 133 Å². The summed E-state index contributed by atoms with van der Waals surface area (Å²) in [6, 6.07) is 0.549. The molecule has 0 aromatic rings. The number of nitrogens with zero attached hydrogens (tertiary/aromatic N) is 10. The van der Waals surface area contributed by atoms with Crippen LogP contribution in [0.1, 0.15) is 486 Å². The number of ether oxygens (including phenoxy) is 5. The Labute approximate surface area is 927 Å². The molecule has 4 rings (SSSR count). The predicted octanol–water partition coefficient (Wildman–Crippen LogP) is 26.2. The number of hydrogen-bond donors (Lipinski definition) is 6. The summed E-state index contributed by atoms with van der Waals surface area (Å²) in [6.45, 7) is 147. The van der Waals surface area contributed by atoms with E-state index in [0.29, 0.717) is 81.3 Å². The van der Waals surface area contributed by atoms with Gasteiger partial charge < -0.3 is 75.8 Å². The smallest absolute Gasteiger partial charge is 0.333 e. The lowest BCUT2D eigenvalue weighted by Gasteiger charge is -2.42. The van der Waals surface area contributed by atoms with E-state index in [1.165, 1.54) is 130 Å². The van der Waals surface area contributed by atoms with Crippen LogP contribution in [0.2, 0.25) is 0 Å². The number of aliphatic hydroxyl groups is 1. The van der Waals surface area contributed by atoms with Crippen molar-refractivity contribution in [3.8, 4) is 0 Å². The van der Waals surface area contributed by atoms with Crippen LogP contribution in [0.5, 0.6) is 0 Å². The molecule has 0 bridgehead atoms. The number of hydrogen-bond acceptors (Lipinski definition) is 25. The van der Waals surface area contributed by atoms with Crippen LogP contribution in [0.3, 0.4) is 0 Å². The van der Waals surface area contributed by atoms with Gasteiger partial charge in [-0.2, -0.15) is 0 Å². The maximum absolute atomic E-state index is 11.6. The number of carbonyl (C=O) groups is 4. The molecule has 25 nitrogen and oxygen atoms in total. The quantitative estimate of drug-likeness (QED) is 0.0298. The maximum Gasteiger partial charge on any atom is 0.333 e. The number of nitrogens with one attached hydrogen (secondary N) is 3. The topological polar surface area (TPSA) is 255 Å². The molecule has 0 amide bonds. The third-order valence-corrected chi connectivity index (χ3v) is 26.2. The third kappa shape index (κ3) is 113. The van der Waals surface area contributed by atoms with Crippen molar-refractivity contribution < 1.29 is 48.0 Å². The second-order valence-electron chi connectivity index (χ2n) is 57.1. The van der Waals surface area contributed by atoms with Crippen molar-refractivity contribution in [2.75, 3.05) is 181 Å². The molecule has 902 valence electrons. The van der Waals surface area contributed by atoms with Gasteiger partial charge in [0.15, 0.2) is 0 Å². The van der Waals surface area contributed by atoms with Crippen molar-refractivity contribution in [3.05, 3.63) is 0 Å². The molecule has 0 radical (unpaired) electrons. The van der Waals surface area contributed by atoms with Gasteiger partial charge in [-0.1, -0.05) is 199 Å². The SMILES string of the molecule is CC(C)(C)C1CCCN1.CC(C)C(N)C(=O)OCN(C)C(C)(C)C.CC(C)C(N)C(C)(C)C.CCC(=O)OCN(C)C(C)(C)C.CCC(C)(C)C.CCCC(C)(C)C.CCCN1CCN(C(C)(C)C)CC1.CCCN1CCN(C(C)(C)C)CC1.CCN(C)C(C)(C)C.CCN(C)C(C)(C)C.CCNC(C)(C)C.CCNC(C)(C)C.CCOC(C)(C)C.CN(COC(=O)C1CCCC1)C(C)(C)C.CN(COC(=O)CO)C(C)(C)C.